The number of carbonyl (C=O) groups is 3. The number of allylic oxidation sites excluding steroid dienone is 10. The highest BCUT2D eigenvalue weighted by molar-refractivity contribution is 5.94. The van der Waals surface area contributed by atoms with E-state index in [2.05, 4.69) is 83.6 Å². The lowest BCUT2D eigenvalue weighted by Gasteiger charge is -2.07. The summed E-state index contributed by atoms with van der Waals surface area (Å²) in [5.41, 5.74) is 0. The topological polar surface area (TPSA) is 96.5 Å². The second-order valence-corrected chi connectivity index (χ2v) is 8.08. The fourth-order valence-corrected chi connectivity index (χ4v) is 2.92. The quantitative estimate of drug-likeness (QED) is 0.0832. The van der Waals surface area contributed by atoms with Crippen LogP contribution in [0.4, 0.5) is 0 Å². The molecule has 0 saturated heterocycles. The summed E-state index contributed by atoms with van der Waals surface area (Å²) in [6, 6.07) is 0. The Bertz CT molecular complexity index is 780. The fourth-order valence-electron chi connectivity index (χ4n) is 2.92. The zero-order chi connectivity index (χ0) is 27.2. The predicted molar refractivity (Wildman–Crippen MR) is 153 cm³/mol. The Kier molecular flexibility index (Phi) is 25.0. The van der Waals surface area contributed by atoms with Crippen LogP contribution in [0.25, 0.3) is 0 Å². The van der Waals surface area contributed by atoms with Crippen LogP contribution in [0.2, 0.25) is 0 Å². The molecule has 0 aromatic rings. The van der Waals surface area contributed by atoms with Gasteiger partial charge in [0.25, 0.3) is 0 Å². The number of nitrogens with one attached hydrogen (secondary N) is 3. The Hall–Kier alpha value is -3.19. The van der Waals surface area contributed by atoms with Crippen LogP contribution in [0.5, 0.6) is 0 Å². The first-order valence-corrected chi connectivity index (χ1v) is 13.4. The maximum Gasteiger partial charge on any atom is 0.330 e. The second-order valence-electron chi connectivity index (χ2n) is 8.08. The van der Waals surface area contributed by atoms with Crippen molar-refractivity contribution >= 4 is 17.8 Å². The molecule has 0 bridgehead atoms. The monoisotopic (exact) mass is 513 g/mol. The van der Waals surface area contributed by atoms with Crippen molar-refractivity contribution in [1.29, 1.82) is 0 Å². The predicted octanol–water partition coefficient (Wildman–Crippen LogP) is 4.85. The first-order valence-electron chi connectivity index (χ1n) is 13.4. The molecule has 0 aromatic heterocycles. The number of hydrogen-bond acceptors (Lipinski definition) is 5. The van der Waals surface area contributed by atoms with Crippen molar-refractivity contribution in [3.63, 3.8) is 0 Å². The van der Waals surface area contributed by atoms with Crippen LogP contribution in [0.3, 0.4) is 0 Å². The van der Waals surface area contributed by atoms with Gasteiger partial charge in [-0.05, 0) is 51.9 Å². The molecule has 3 N–H and O–H groups in total. The molecule has 0 heterocycles. The Balaban J connectivity index is 3.56. The Morgan fingerprint density at radius 3 is 1.76 bits per heavy atom. The normalized spacial score (nSPS) is 12.2. The van der Waals surface area contributed by atoms with Crippen molar-refractivity contribution < 1.29 is 19.1 Å². The van der Waals surface area contributed by atoms with E-state index < -0.39 is 5.97 Å². The van der Waals surface area contributed by atoms with Gasteiger partial charge in [-0.15, -0.1) is 0 Å². The van der Waals surface area contributed by atoms with Crippen molar-refractivity contribution in [3.8, 4) is 0 Å². The molecular weight excluding hydrogens is 466 g/mol. The van der Waals surface area contributed by atoms with Crippen molar-refractivity contribution in [3.05, 3.63) is 72.9 Å². The highest BCUT2D eigenvalue weighted by Crippen LogP contribution is 1.99. The molecule has 0 aliphatic carbocycles. The van der Waals surface area contributed by atoms with Crippen LogP contribution >= 0.6 is 0 Å². The molecule has 0 spiro atoms. The van der Waals surface area contributed by atoms with Gasteiger partial charge < -0.3 is 20.7 Å². The van der Waals surface area contributed by atoms with E-state index in [4.69, 9.17) is 4.74 Å². The van der Waals surface area contributed by atoms with Gasteiger partial charge in [0.15, 0.2) is 0 Å². The number of amides is 2. The molecule has 0 saturated carbocycles. The minimum absolute atomic E-state index is 0.0477. The molecule has 7 heteroatoms. The van der Waals surface area contributed by atoms with E-state index in [9.17, 15) is 14.4 Å². The van der Waals surface area contributed by atoms with Crippen molar-refractivity contribution in [2.24, 2.45) is 0 Å². The molecule has 0 radical (unpaired) electrons. The molecule has 7 nitrogen and oxygen atoms in total. The average molecular weight is 514 g/mol. The lowest BCUT2D eigenvalue weighted by Crippen LogP contribution is -2.36. The zero-order valence-corrected chi connectivity index (χ0v) is 22.8. The van der Waals surface area contributed by atoms with E-state index in [1.54, 1.807) is 6.92 Å². The number of unbranched alkanes of at least 4 members (excludes halogenated alkanes) is 1. The summed E-state index contributed by atoms with van der Waals surface area (Å²) in [6.45, 7) is 6.27. The Morgan fingerprint density at radius 2 is 1.19 bits per heavy atom. The van der Waals surface area contributed by atoms with E-state index >= 15 is 0 Å². The van der Waals surface area contributed by atoms with E-state index in [1.807, 2.05) is 0 Å². The van der Waals surface area contributed by atoms with E-state index in [0.29, 0.717) is 32.6 Å². The maximum atomic E-state index is 11.9. The zero-order valence-electron chi connectivity index (χ0n) is 22.8. The SMILES string of the molecule is CCC=CCC=CCC=CCC=CCC=CCCCC(=O)NCCNCCNC(=O)C=CC(=O)OCC. The summed E-state index contributed by atoms with van der Waals surface area (Å²) in [5, 5.41) is 8.67. The lowest BCUT2D eigenvalue weighted by atomic mass is 10.2. The molecule has 37 heavy (non-hydrogen) atoms. The minimum atomic E-state index is -0.538. The van der Waals surface area contributed by atoms with Gasteiger partial charge in [0.1, 0.15) is 0 Å². The van der Waals surface area contributed by atoms with E-state index in [0.717, 1.165) is 57.1 Å². The number of rotatable bonds is 22. The first-order chi connectivity index (χ1) is 18.1. The van der Waals surface area contributed by atoms with Crippen LogP contribution in [-0.4, -0.2) is 50.6 Å². The second kappa shape index (κ2) is 27.4. The van der Waals surface area contributed by atoms with Gasteiger partial charge in [0.2, 0.25) is 11.8 Å². The van der Waals surface area contributed by atoms with Crippen LogP contribution in [-0.2, 0) is 19.1 Å². The summed E-state index contributed by atoms with van der Waals surface area (Å²) < 4.78 is 4.70. The van der Waals surface area contributed by atoms with Crippen molar-refractivity contribution in [1.82, 2.24) is 16.0 Å². The average Bonchev–Trinajstić information content (AvgIpc) is 2.88. The van der Waals surface area contributed by atoms with Crippen LogP contribution in [0.1, 0.15) is 65.2 Å². The largest absolute Gasteiger partial charge is 0.463 e. The third-order valence-electron chi connectivity index (χ3n) is 4.81. The van der Waals surface area contributed by atoms with Crippen LogP contribution in [0.15, 0.2) is 72.9 Å². The summed E-state index contributed by atoms with van der Waals surface area (Å²) in [4.78, 5) is 34.5. The summed E-state index contributed by atoms with van der Waals surface area (Å²) in [7, 11) is 0. The van der Waals surface area contributed by atoms with Crippen LogP contribution < -0.4 is 16.0 Å². The molecule has 0 aliphatic rings. The third kappa shape index (κ3) is 27.2. The molecule has 0 aromatic carbocycles. The minimum Gasteiger partial charge on any atom is -0.463 e. The highest BCUT2D eigenvalue weighted by atomic mass is 16.5. The van der Waals surface area contributed by atoms with E-state index in [-0.39, 0.29) is 18.4 Å². The van der Waals surface area contributed by atoms with Crippen molar-refractivity contribution in [2.45, 2.75) is 65.2 Å². The van der Waals surface area contributed by atoms with Gasteiger partial charge in [0, 0.05) is 44.8 Å². The van der Waals surface area contributed by atoms with E-state index in [1.165, 1.54) is 0 Å². The summed E-state index contributed by atoms with van der Waals surface area (Å²) >= 11 is 0. The van der Waals surface area contributed by atoms with Gasteiger partial charge in [-0.3, -0.25) is 9.59 Å². The smallest absolute Gasteiger partial charge is 0.330 e. The Labute approximate surface area is 223 Å². The van der Waals surface area contributed by atoms with Gasteiger partial charge in [-0.1, -0.05) is 67.7 Å². The molecule has 0 rings (SSSR count). The number of ether oxygens (including phenoxy) is 1. The molecule has 206 valence electrons. The molecular formula is C30H47N3O4. The van der Waals surface area contributed by atoms with Gasteiger partial charge >= 0.3 is 5.97 Å². The lowest BCUT2D eigenvalue weighted by molar-refractivity contribution is -0.137. The highest BCUT2D eigenvalue weighted by Gasteiger charge is 2.00. The molecule has 0 fully saturated rings. The van der Waals surface area contributed by atoms with Crippen molar-refractivity contribution in [2.75, 3.05) is 32.8 Å². The molecule has 2 amide bonds. The molecule has 0 atom stereocenters. The number of esters is 1. The number of carbonyl (C=O) groups excluding carboxylic acids is 3. The van der Waals surface area contributed by atoms with Gasteiger partial charge in [-0.2, -0.15) is 0 Å². The van der Waals surface area contributed by atoms with Gasteiger partial charge in [-0.25, -0.2) is 4.79 Å². The summed E-state index contributed by atoms with van der Waals surface area (Å²) in [5.74, 6) is -0.841. The summed E-state index contributed by atoms with van der Waals surface area (Å²) in [6.07, 6.45) is 31.2. The first kappa shape index (κ1) is 33.8. The third-order valence-corrected chi connectivity index (χ3v) is 4.81. The van der Waals surface area contributed by atoms with Gasteiger partial charge in [0.05, 0.1) is 6.61 Å². The standard InChI is InChI=1S/C30H47N3O4/c1-3-5-6-7-8-9-10-11-12-13-14-15-16-17-18-19-20-21-28(34)32-26-24-31-25-27-33-29(35)22-23-30(36)37-4-2/h5-6,8-9,11-12,14-15,17-18,22-23,31H,3-4,7,10,13,16,19-21,24-27H2,1-2H3,(H,32,34)(H,33,35). The van der Waals surface area contributed by atoms with Crippen LogP contribution in [0, 0.1) is 0 Å². The molecule has 0 unspecified atom stereocenters. The Morgan fingerprint density at radius 1 is 0.649 bits per heavy atom. The fraction of sp³-hybridized carbons (Fsp3) is 0.500. The maximum absolute atomic E-state index is 11.9. The molecule has 0 aliphatic heterocycles. The number of hydrogen-bond donors (Lipinski definition) is 3.